The number of rotatable bonds is 42. The number of nitrogens with zero attached hydrogens (tertiary/aromatic N) is 2. The lowest BCUT2D eigenvalue weighted by Crippen LogP contribution is -2.60. The van der Waals surface area contributed by atoms with E-state index in [1.165, 1.54) is 14.0 Å². The fraction of sp³-hybridized carbons (Fsp3) is 0.726. The summed E-state index contributed by atoms with van der Waals surface area (Å²) in [5.41, 5.74) is 6.77. The van der Waals surface area contributed by atoms with Gasteiger partial charge in [0.05, 0.1) is 192 Å². The fourth-order valence-corrected chi connectivity index (χ4v) is 15.6. The summed E-state index contributed by atoms with van der Waals surface area (Å²) in [6, 6.07) is -3.67. The molecule has 36 nitrogen and oxygen atoms in total. The molecule has 0 saturated carbocycles. The summed E-state index contributed by atoms with van der Waals surface area (Å²) in [6.07, 6.45) is -3.60. The zero-order valence-corrected chi connectivity index (χ0v) is 65.7. The molecule has 2 aromatic rings. The lowest BCUT2D eigenvalue weighted by Gasteiger charge is -2.32. The Morgan fingerprint density at radius 2 is 1.32 bits per heavy atom. The number of ether oxygens (including phenoxy) is 9. The van der Waals surface area contributed by atoms with Gasteiger partial charge in [0.1, 0.15) is 28.9 Å². The quantitative estimate of drug-likeness (QED) is 0.0318. The zero-order chi connectivity index (χ0) is 80.9. The first kappa shape index (κ1) is 92.5. The maximum absolute atomic E-state index is 15.5. The lowest BCUT2D eigenvalue weighted by molar-refractivity contribution is -0.144. The molecule has 2 fully saturated rings. The van der Waals surface area contributed by atoms with Gasteiger partial charge in [-0.15, -0.1) is 0 Å². The maximum atomic E-state index is 15.5. The van der Waals surface area contributed by atoms with Crippen LogP contribution in [0, 0.1) is 29.6 Å². The number of aromatic nitrogens is 1. The molecule has 1 aromatic carbocycles. The number of ketones is 2. The molecule has 1 aromatic heterocycles. The minimum absolute atomic E-state index is 0.0320. The van der Waals surface area contributed by atoms with Crippen LogP contribution in [0.2, 0.25) is 0 Å². The third-order valence-electron chi connectivity index (χ3n) is 19.8. The van der Waals surface area contributed by atoms with Crippen molar-refractivity contribution in [3.8, 4) is 5.75 Å². The Morgan fingerprint density at radius 1 is 0.730 bits per heavy atom. The van der Waals surface area contributed by atoms with Gasteiger partial charge in [-0.25, -0.2) is 0 Å². The number of hydrogen-bond acceptors (Lipinski definition) is 26. The molecule has 0 radical (unpaired) electrons. The van der Waals surface area contributed by atoms with Gasteiger partial charge >= 0.3 is 5.97 Å². The number of carboxylic acid groups (broad SMARTS) is 1. The molecule has 5 heterocycles. The first-order chi connectivity index (χ1) is 53.2. The van der Waals surface area contributed by atoms with Gasteiger partial charge < -0.3 is 115 Å². The Morgan fingerprint density at radius 3 is 1.88 bits per heavy atom. The van der Waals surface area contributed by atoms with Crippen LogP contribution >= 0.6 is 11.8 Å². The van der Waals surface area contributed by atoms with Gasteiger partial charge in [-0.2, -0.15) is 11.8 Å². The van der Waals surface area contributed by atoms with Crippen molar-refractivity contribution < 1.29 is 125 Å². The summed E-state index contributed by atoms with van der Waals surface area (Å²) in [7, 11) is -0.969. The molecule has 111 heavy (non-hydrogen) atoms. The summed E-state index contributed by atoms with van der Waals surface area (Å²) in [4.78, 5) is 170. The van der Waals surface area contributed by atoms with Gasteiger partial charge in [0.2, 0.25) is 53.2 Å². The Bertz CT molecular complexity index is 3420. The van der Waals surface area contributed by atoms with E-state index in [0.717, 1.165) is 4.90 Å². The highest BCUT2D eigenvalue weighted by atomic mass is 32.2. The topological polar surface area (TPSA) is 506 Å². The number of nitrogens with two attached hydrogens (primary N) is 1. The van der Waals surface area contributed by atoms with E-state index in [9.17, 15) is 68.1 Å². The number of aromatic amines is 1. The maximum Gasteiger partial charge on any atom is 0.306 e. The first-order valence-electron chi connectivity index (χ1n) is 37.9. The molecule has 0 spiro atoms. The summed E-state index contributed by atoms with van der Waals surface area (Å²) in [5.74, 6) is -14.5. The number of aliphatic hydroxyl groups excluding tert-OH is 3. The number of H-pyrrole nitrogens is 1. The molecule has 4 aliphatic heterocycles. The van der Waals surface area contributed by atoms with Crippen LogP contribution in [-0.2, 0) is 118 Å². The third-order valence-corrected chi connectivity index (χ3v) is 22.6. The van der Waals surface area contributed by atoms with Crippen molar-refractivity contribution in [1.29, 1.82) is 0 Å². The van der Waals surface area contributed by atoms with Crippen LogP contribution in [-0.4, -0.2) is 316 Å². The lowest BCUT2D eigenvalue weighted by atomic mass is 9.85. The van der Waals surface area contributed by atoms with Crippen LogP contribution in [0.5, 0.6) is 5.75 Å². The van der Waals surface area contributed by atoms with Crippen molar-refractivity contribution >= 4 is 104 Å². The van der Waals surface area contributed by atoms with Crippen molar-refractivity contribution in [3.63, 3.8) is 0 Å². The molecule has 624 valence electrons. The highest BCUT2D eigenvalue weighted by molar-refractivity contribution is 7.99. The number of Topliss-reactive ketones (excluding diaryl/α,β-unsaturated/α-hetero) is 2. The summed E-state index contributed by atoms with van der Waals surface area (Å²) >= 11 is 1.58. The van der Waals surface area contributed by atoms with Crippen LogP contribution in [0.15, 0.2) is 17.2 Å². The summed E-state index contributed by atoms with van der Waals surface area (Å²) in [5, 5.41) is 56.8. The number of piperidine rings is 1. The van der Waals surface area contributed by atoms with Gasteiger partial charge in [-0.05, 0) is 49.3 Å². The van der Waals surface area contributed by atoms with E-state index in [0.29, 0.717) is 154 Å². The van der Waals surface area contributed by atoms with Crippen LogP contribution in [0.25, 0.3) is 10.9 Å². The van der Waals surface area contributed by atoms with Gasteiger partial charge in [-0.1, -0.05) is 34.1 Å². The number of amides is 9. The van der Waals surface area contributed by atoms with E-state index in [2.05, 4.69) is 36.9 Å². The number of carbonyl (C=O) groups excluding carboxylic acids is 11. The second-order valence-electron chi connectivity index (χ2n) is 27.9. The highest BCUT2D eigenvalue weighted by Crippen LogP contribution is 2.39. The second kappa shape index (κ2) is 49.3. The van der Waals surface area contributed by atoms with Crippen molar-refractivity contribution in [3.05, 3.63) is 23.3 Å². The van der Waals surface area contributed by atoms with Crippen LogP contribution in [0.1, 0.15) is 103 Å². The molecule has 0 aliphatic carbocycles. The predicted molar refractivity (Wildman–Crippen MR) is 401 cm³/mol. The number of methoxy groups -OCH3 is 1. The molecule has 12 atom stereocenters. The average Bonchev–Trinajstić information content (AvgIpc) is 1.64. The Balaban J connectivity index is 1.03. The van der Waals surface area contributed by atoms with Crippen LogP contribution in [0.3, 0.4) is 0 Å². The molecule has 6 rings (SSSR count). The monoisotopic (exact) mass is 1610 g/mol. The van der Waals surface area contributed by atoms with E-state index in [-0.39, 0.29) is 65.9 Å². The summed E-state index contributed by atoms with van der Waals surface area (Å²) in [6.45, 7) is 10.5. The number of nitrogens with one attached hydrogen (secondary N) is 7. The van der Waals surface area contributed by atoms with Crippen LogP contribution in [0.4, 0.5) is 0 Å². The number of likely N-dealkylation sites (tertiary alicyclic amines) is 1. The normalized spacial score (nSPS) is 22.8. The number of fused-ring (bicyclic) bond motifs is 5. The molecular weight excluding hydrogens is 1500 g/mol. The van der Waals surface area contributed by atoms with Crippen LogP contribution < -0.4 is 42.4 Å². The number of thioether (sulfide) groups is 1. The minimum atomic E-state index is -2.43. The Labute approximate surface area is 652 Å². The van der Waals surface area contributed by atoms with Crippen molar-refractivity contribution in [2.75, 3.05) is 164 Å². The van der Waals surface area contributed by atoms with Crippen molar-refractivity contribution in [1.82, 2.24) is 46.7 Å². The Hall–Kier alpha value is -7.34. The summed E-state index contributed by atoms with van der Waals surface area (Å²) < 4.78 is 65.8. The molecule has 2 bridgehead atoms. The number of hydrogen-bond donors (Lipinski definition) is 12. The molecule has 9 amide bonds. The Kier molecular flexibility index (Phi) is 41.1. The molecular formula is C73H114N10O26S2. The molecule has 13 N–H and O–H groups in total. The van der Waals surface area contributed by atoms with Gasteiger partial charge in [0, 0.05) is 91.6 Å². The van der Waals surface area contributed by atoms with E-state index < -0.39 is 200 Å². The number of aliphatic hydroxyl groups is 3. The van der Waals surface area contributed by atoms with E-state index in [1.54, 1.807) is 49.6 Å². The number of benzene rings is 1. The van der Waals surface area contributed by atoms with E-state index >= 15 is 9.00 Å². The number of carbonyl (C=O) groups is 12. The molecule has 2 unspecified atom stereocenters. The number of aliphatic carboxylic acids is 1. The first-order valence-corrected chi connectivity index (χ1v) is 40.3. The highest BCUT2D eigenvalue weighted by Gasteiger charge is 2.45. The fourth-order valence-electron chi connectivity index (χ4n) is 13.0. The number of primary amides is 1. The third kappa shape index (κ3) is 30.8. The van der Waals surface area contributed by atoms with Gasteiger partial charge in [0.25, 0.3) is 0 Å². The molecule has 2 saturated heterocycles. The standard InChI is InChI=1S/C73H114N10O26S2/c1-6-44(2)52-35-48(85)38-76-67(93)47-33-53-51-8-9-60(101-5)54(42-110-50-11-15-82(16-12-50)64(92)13-17-102-19-21-104-23-25-106-27-29-108-31-32-109-30-28-107-26-24-105-22-20-103-18-14-75-62(90)10-7-45(3)73(98)99)66(51)81-71(53)111(100)43-56(78-63(91)39-77-68(52)94)69(95)79-55(37-61(74)89)72(97)83-40-49(86)36-57(83)70(96)80-65(58(87)34-47)46(4)59(88)41-84/h8-9,44-47,49-50,52,55-57,59,65,81,84,86,88H,6-7,10-43H2,1-5H3,(H2,74,89)(H,75,90)(H,76,93)(H,77,94)(H,78,91)(H,79,95)(H,80,96)(H,98,99)/t44-,45?,46-,47+,49+,52-,55-,56-,57-,59-,65-,111?/m0/s1. The van der Waals surface area contributed by atoms with Crippen molar-refractivity contribution in [2.45, 2.75) is 151 Å². The van der Waals surface area contributed by atoms with Crippen molar-refractivity contribution in [2.24, 2.45) is 35.3 Å². The minimum Gasteiger partial charge on any atom is -0.496 e. The van der Waals surface area contributed by atoms with Gasteiger partial charge in [-0.3, -0.25) is 61.7 Å². The van der Waals surface area contributed by atoms with Gasteiger partial charge in [0.15, 0.2) is 11.6 Å². The SMILES string of the molecule is CC[C@H](C)[C@@H]1CC(=O)CNC(=O)[C@H]2CC(=O)[C@H]([C@@H](C)[C@@H](O)CO)NC(=O)[C@@H]3C[C@@H](O)CN3C(=O)[C@H](CC(N)=O)NC(=O)[C@H](CS(=O)c3[nH]c4c(CSC5CCN(C(=O)CCOCCOCCOCCOCCOCCOCCOCCOCCNC(=O)CCC(C)C(=O)O)CC5)c(OC)ccc4c3C2)NC(=O)CNC1=O. The average molecular weight is 1610 g/mol. The smallest absolute Gasteiger partial charge is 0.306 e. The predicted octanol–water partition coefficient (Wildman–Crippen LogP) is -2.07. The molecule has 38 heteroatoms. The number of carboxylic acids is 1. The largest absolute Gasteiger partial charge is 0.496 e. The second-order valence-corrected chi connectivity index (χ2v) is 30.6. The van der Waals surface area contributed by atoms with E-state index in [1.807, 2.05) is 0 Å². The molecule has 4 aliphatic rings. The zero-order valence-electron chi connectivity index (χ0n) is 64.1. The van der Waals surface area contributed by atoms with E-state index in [4.69, 9.17) is 53.5 Å².